The molecule has 2 aromatic rings. The maximum absolute atomic E-state index is 14.0. The Labute approximate surface area is 334 Å². The molecule has 0 aliphatic carbocycles. The Morgan fingerprint density at radius 2 is 1.43 bits per heavy atom. The van der Waals surface area contributed by atoms with Gasteiger partial charge in [-0.3, -0.25) is 14.4 Å². The predicted octanol–water partition coefficient (Wildman–Crippen LogP) is 6.79. The van der Waals surface area contributed by atoms with E-state index in [0.29, 0.717) is 57.3 Å². The monoisotopic (exact) mass is 828 g/mol. The lowest BCUT2D eigenvalue weighted by atomic mass is 9.91. The van der Waals surface area contributed by atoms with Gasteiger partial charge in [0.05, 0.1) is 5.56 Å². The van der Waals surface area contributed by atoms with Crippen molar-refractivity contribution in [2.24, 2.45) is 5.92 Å². The number of aromatic nitrogens is 2. The van der Waals surface area contributed by atoms with Crippen molar-refractivity contribution in [2.75, 3.05) is 36.0 Å². The van der Waals surface area contributed by atoms with E-state index in [1.165, 1.54) is 23.1 Å². The average Bonchev–Trinajstić information content (AvgIpc) is 3.07. The molecule has 4 rings (SSSR count). The molecule has 12 nitrogen and oxygen atoms in total. The Morgan fingerprint density at radius 3 is 1.98 bits per heavy atom. The van der Waals surface area contributed by atoms with E-state index < -0.39 is 64.9 Å². The Morgan fingerprint density at radius 1 is 0.810 bits per heavy atom. The summed E-state index contributed by atoms with van der Waals surface area (Å²) in [4.78, 5) is 61.9. The lowest BCUT2D eigenvalue weighted by Crippen LogP contribution is -2.57. The van der Waals surface area contributed by atoms with E-state index in [-0.39, 0.29) is 55.7 Å². The van der Waals surface area contributed by atoms with E-state index in [0.717, 1.165) is 12.1 Å². The van der Waals surface area contributed by atoms with Crippen LogP contribution in [-0.4, -0.2) is 83.2 Å². The van der Waals surface area contributed by atoms with Gasteiger partial charge in [0.25, 0.3) is 0 Å². The summed E-state index contributed by atoms with van der Waals surface area (Å²) in [6, 6.07) is 4.23. The van der Waals surface area contributed by atoms with Crippen molar-refractivity contribution in [1.29, 1.82) is 0 Å². The lowest BCUT2D eigenvalue weighted by molar-refractivity contribution is -0.160. The van der Waals surface area contributed by atoms with Crippen molar-refractivity contribution in [3.05, 3.63) is 47.3 Å². The molecule has 322 valence electrons. The Balaban J connectivity index is 1.28. The third-order valence-electron chi connectivity index (χ3n) is 9.60. The molecule has 0 bridgehead atoms. The Hall–Kier alpha value is -4.64. The standard InChI is InChI=1S/C40H54F6N6O6/c1-37(2,3)57-33(54)15-14-28(35(56)58-38(4,5)6)48-32(53)9-7-8-25-17-21-51(22-18-25)30-24-31(50-36(49-30)40(44,45)46)52-23-19-29(52)34(55)47-20-16-26-10-12-27(13-11-26)39(41,42)43/h10-13,24-25,28-29H,7-9,14-23H2,1-6H3,(H,47,55)(H,48,53). The van der Waals surface area contributed by atoms with E-state index in [9.17, 15) is 45.5 Å². The number of nitrogens with one attached hydrogen (secondary N) is 2. The first-order valence-electron chi connectivity index (χ1n) is 19.5. The van der Waals surface area contributed by atoms with Crippen molar-refractivity contribution >= 4 is 35.4 Å². The molecular weight excluding hydrogens is 774 g/mol. The predicted molar refractivity (Wildman–Crippen MR) is 203 cm³/mol. The average molecular weight is 829 g/mol. The summed E-state index contributed by atoms with van der Waals surface area (Å²) in [6.07, 6.45) is -6.19. The van der Waals surface area contributed by atoms with Crippen LogP contribution >= 0.6 is 0 Å². The number of rotatable bonds is 15. The molecule has 1 aromatic carbocycles. The first kappa shape index (κ1) is 46.1. The largest absolute Gasteiger partial charge is 0.460 e. The summed E-state index contributed by atoms with van der Waals surface area (Å²) >= 11 is 0. The summed E-state index contributed by atoms with van der Waals surface area (Å²) in [5.41, 5.74) is -1.70. The second-order valence-electron chi connectivity index (χ2n) is 16.7. The van der Waals surface area contributed by atoms with Crippen LogP contribution in [0.2, 0.25) is 0 Å². The minimum Gasteiger partial charge on any atom is -0.460 e. The van der Waals surface area contributed by atoms with Crippen molar-refractivity contribution < 1.29 is 55.0 Å². The molecule has 2 atom stereocenters. The lowest BCUT2D eigenvalue weighted by Gasteiger charge is -2.41. The fraction of sp³-hybridized carbons (Fsp3) is 0.650. The van der Waals surface area contributed by atoms with Crippen molar-refractivity contribution in [2.45, 2.75) is 135 Å². The van der Waals surface area contributed by atoms with Gasteiger partial charge in [0.15, 0.2) is 0 Å². The number of carbonyl (C=O) groups is 4. The maximum Gasteiger partial charge on any atom is 0.451 e. The normalized spacial score (nSPS) is 17.3. The number of hydrogen-bond acceptors (Lipinski definition) is 10. The highest BCUT2D eigenvalue weighted by Gasteiger charge is 2.40. The minimum atomic E-state index is -4.84. The van der Waals surface area contributed by atoms with Crippen molar-refractivity contribution in [3.63, 3.8) is 0 Å². The zero-order valence-electron chi connectivity index (χ0n) is 33.8. The number of alkyl halides is 6. The number of amides is 2. The molecule has 1 aromatic heterocycles. The van der Waals surface area contributed by atoms with E-state index in [1.807, 2.05) is 0 Å². The van der Waals surface area contributed by atoms with E-state index >= 15 is 0 Å². The molecule has 58 heavy (non-hydrogen) atoms. The SMILES string of the molecule is CC(C)(C)OC(=O)CCC(NC(=O)CCCC1CCN(c2cc(N3CCC3C(=O)NCCc3ccc(C(F)(F)F)cc3)nc(C(F)(F)F)n2)CC1)C(=O)OC(C)(C)C. The number of esters is 2. The number of anilines is 2. The second kappa shape index (κ2) is 19.0. The third-order valence-corrected chi connectivity index (χ3v) is 9.60. The van der Waals surface area contributed by atoms with Crippen LogP contribution in [0.4, 0.5) is 38.0 Å². The highest BCUT2D eigenvalue weighted by atomic mass is 19.4. The maximum atomic E-state index is 14.0. The van der Waals surface area contributed by atoms with Gasteiger partial charge in [-0.2, -0.15) is 26.3 Å². The van der Waals surface area contributed by atoms with Crippen LogP contribution in [0.5, 0.6) is 0 Å². The smallest absolute Gasteiger partial charge is 0.451 e. The van der Waals surface area contributed by atoms with E-state index in [1.54, 1.807) is 46.4 Å². The zero-order valence-corrected chi connectivity index (χ0v) is 33.8. The summed E-state index contributed by atoms with van der Waals surface area (Å²) in [7, 11) is 0. The topological polar surface area (TPSA) is 143 Å². The van der Waals surface area contributed by atoms with Gasteiger partial charge in [-0.15, -0.1) is 0 Å². The summed E-state index contributed by atoms with van der Waals surface area (Å²) in [6.45, 7) is 11.5. The minimum absolute atomic E-state index is 0.00904. The van der Waals surface area contributed by atoms with Gasteiger partial charge >= 0.3 is 24.3 Å². The number of carbonyl (C=O) groups excluding carboxylic acids is 4. The highest BCUT2D eigenvalue weighted by molar-refractivity contribution is 5.87. The molecular formula is C40H54F6N6O6. The fourth-order valence-corrected chi connectivity index (χ4v) is 6.65. The molecule has 0 saturated carbocycles. The summed E-state index contributed by atoms with van der Waals surface area (Å²) in [5, 5.41) is 5.43. The van der Waals surface area contributed by atoms with Gasteiger partial charge < -0.3 is 29.9 Å². The molecule has 2 aliphatic heterocycles. The number of benzene rings is 1. The number of ether oxygens (including phenoxy) is 2. The van der Waals surface area contributed by atoms with E-state index in [4.69, 9.17) is 9.47 Å². The van der Waals surface area contributed by atoms with Gasteiger partial charge in [0, 0.05) is 45.1 Å². The zero-order chi connectivity index (χ0) is 43.1. The molecule has 2 aliphatic rings. The van der Waals surface area contributed by atoms with Crippen molar-refractivity contribution in [3.8, 4) is 0 Å². The Bertz CT molecular complexity index is 1730. The number of piperidine rings is 1. The van der Waals surface area contributed by atoms with Crippen molar-refractivity contribution in [1.82, 2.24) is 20.6 Å². The van der Waals surface area contributed by atoms with Crippen LogP contribution in [0.3, 0.4) is 0 Å². The molecule has 2 saturated heterocycles. The number of hydrogen-bond donors (Lipinski definition) is 2. The van der Waals surface area contributed by atoms with Gasteiger partial charge in [-0.25, -0.2) is 14.8 Å². The summed E-state index contributed by atoms with van der Waals surface area (Å²) in [5.74, 6) is -3.04. The van der Waals surface area contributed by atoms with Crippen LogP contribution in [0.15, 0.2) is 30.3 Å². The highest BCUT2D eigenvalue weighted by Crippen LogP contribution is 2.35. The van der Waals surface area contributed by atoms with Crippen LogP contribution in [-0.2, 0) is 47.4 Å². The molecule has 3 heterocycles. The fourth-order valence-electron chi connectivity index (χ4n) is 6.65. The first-order chi connectivity index (χ1) is 26.9. The molecule has 2 unspecified atom stereocenters. The molecule has 18 heteroatoms. The summed E-state index contributed by atoms with van der Waals surface area (Å²) < 4.78 is 91.3. The second-order valence-corrected chi connectivity index (χ2v) is 16.7. The quantitative estimate of drug-likeness (QED) is 0.146. The molecule has 2 amide bonds. The Kier molecular flexibility index (Phi) is 15.1. The van der Waals surface area contributed by atoms with Gasteiger partial charge in [-0.05, 0) is 110 Å². The third kappa shape index (κ3) is 14.3. The number of halogens is 6. The van der Waals surface area contributed by atoms with Crippen LogP contribution in [0, 0.1) is 5.92 Å². The molecule has 0 radical (unpaired) electrons. The molecule has 2 fully saturated rings. The van der Waals surface area contributed by atoms with Gasteiger partial charge in [0.1, 0.15) is 34.9 Å². The van der Waals surface area contributed by atoms with E-state index in [2.05, 4.69) is 20.6 Å². The van der Waals surface area contributed by atoms with Crippen LogP contribution in [0.25, 0.3) is 0 Å². The first-order valence-corrected chi connectivity index (χ1v) is 19.5. The molecule has 2 N–H and O–H groups in total. The molecule has 0 spiro atoms. The van der Waals surface area contributed by atoms with Crippen LogP contribution in [0.1, 0.15) is 110 Å². The van der Waals surface area contributed by atoms with Gasteiger partial charge in [0.2, 0.25) is 17.6 Å². The van der Waals surface area contributed by atoms with Gasteiger partial charge in [-0.1, -0.05) is 12.1 Å². The van der Waals surface area contributed by atoms with Crippen LogP contribution < -0.4 is 20.4 Å². The number of nitrogens with zero attached hydrogens (tertiary/aromatic N) is 4.